The lowest BCUT2D eigenvalue weighted by Gasteiger charge is -2.06. The highest BCUT2D eigenvalue weighted by Crippen LogP contribution is 2.71. The number of rotatable bonds is 3. The lowest BCUT2D eigenvalue weighted by molar-refractivity contribution is 0.514. The van der Waals surface area contributed by atoms with Crippen molar-refractivity contribution in [3.05, 3.63) is 12.3 Å². The number of aryl methyl sites for hydroxylation is 1. The molecule has 0 aromatic carbocycles. The van der Waals surface area contributed by atoms with E-state index in [4.69, 9.17) is 5.73 Å². The van der Waals surface area contributed by atoms with Crippen LogP contribution >= 0.6 is 0 Å². The molecule has 0 radical (unpaired) electrons. The second-order valence-corrected chi connectivity index (χ2v) is 5.61. The third kappa shape index (κ3) is 1.31. The summed E-state index contributed by atoms with van der Waals surface area (Å²) in [4.78, 5) is 0. The van der Waals surface area contributed by atoms with E-state index in [2.05, 4.69) is 15.4 Å². The fourth-order valence-corrected chi connectivity index (χ4v) is 3.00. The van der Waals surface area contributed by atoms with E-state index >= 15 is 0 Å². The quantitative estimate of drug-likeness (QED) is 0.876. The number of nitrogen functional groups attached to an aromatic ring is 1. The topological polar surface area (TPSA) is 74.6 Å². The first-order valence-corrected chi connectivity index (χ1v) is 6.37. The molecule has 1 unspecified atom stereocenters. The minimum Gasteiger partial charge on any atom is -0.380 e. The summed E-state index contributed by atoms with van der Waals surface area (Å²) in [5.41, 5.74) is 8.49. The maximum atomic E-state index is 5.95. The van der Waals surface area contributed by atoms with E-state index < -0.39 is 0 Å². The van der Waals surface area contributed by atoms with Gasteiger partial charge in [0.2, 0.25) is 0 Å². The van der Waals surface area contributed by atoms with Crippen LogP contribution in [0.15, 0.2) is 12.3 Å². The van der Waals surface area contributed by atoms with Crippen molar-refractivity contribution in [2.75, 3.05) is 5.73 Å². The molecule has 0 amide bonds. The van der Waals surface area contributed by atoms with Crippen LogP contribution in [0.1, 0.15) is 19.3 Å². The molecule has 6 heteroatoms. The second kappa shape index (κ2) is 3.13. The first-order valence-electron chi connectivity index (χ1n) is 6.37. The van der Waals surface area contributed by atoms with Crippen LogP contribution in [0.25, 0.3) is 11.4 Å². The van der Waals surface area contributed by atoms with Gasteiger partial charge in [-0.1, -0.05) is 5.21 Å². The zero-order valence-corrected chi connectivity index (χ0v) is 10.4. The van der Waals surface area contributed by atoms with Gasteiger partial charge in [0.05, 0.1) is 5.69 Å². The Balaban J connectivity index is 1.69. The fraction of sp³-hybridized carbons (Fsp3) is 0.583. The zero-order chi connectivity index (χ0) is 12.3. The number of hydrogen-bond donors (Lipinski definition) is 1. The summed E-state index contributed by atoms with van der Waals surface area (Å²) in [5, 5.41) is 12.4. The summed E-state index contributed by atoms with van der Waals surface area (Å²) in [5.74, 6) is 1.26. The molecule has 18 heavy (non-hydrogen) atoms. The standard InChI is InChI=1S/C12H16N6/c1-17-9(2-5-14-17)10-11(13)15-16-18(10)7-8-6-12(8)3-4-12/h2,5,8H,3-4,6-7,13H2,1H3. The van der Waals surface area contributed by atoms with E-state index in [1.165, 1.54) is 19.3 Å². The maximum absolute atomic E-state index is 5.95. The van der Waals surface area contributed by atoms with Gasteiger partial charge >= 0.3 is 0 Å². The first kappa shape index (κ1) is 10.1. The zero-order valence-electron chi connectivity index (χ0n) is 10.4. The average Bonchev–Trinajstić information content (AvgIpc) is 3.17. The van der Waals surface area contributed by atoms with Crippen LogP contribution in [0.4, 0.5) is 5.82 Å². The minimum atomic E-state index is 0.490. The first-order chi connectivity index (χ1) is 8.70. The number of anilines is 1. The summed E-state index contributed by atoms with van der Waals surface area (Å²) in [6.45, 7) is 0.935. The van der Waals surface area contributed by atoms with Crippen molar-refractivity contribution in [2.45, 2.75) is 25.8 Å². The summed E-state index contributed by atoms with van der Waals surface area (Å²) < 4.78 is 3.76. The molecule has 4 rings (SSSR count). The summed E-state index contributed by atoms with van der Waals surface area (Å²) in [6, 6.07) is 1.95. The third-order valence-corrected chi connectivity index (χ3v) is 4.47. The molecule has 2 N–H and O–H groups in total. The van der Waals surface area contributed by atoms with Crippen molar-refractivity contribution in [3.8, 4) is 11.4 Å². The van der Waals surface area contributed by atoms with Crippen molar-refractivity contribution in [2.24, 2.45) is 18.4 Å². The summed E-state index contributed by atoms with van der Waals surface area (Å²) in [7, 11) is 1.91. The molecule has 1 atom stereocenters. The SMILES string of the molecule is Cn1nccc1-c1c(N)nnn1CC1CC12CC2. The maximum Gasteiger partial charge on any atom is 0.175 e. The van der Waals surface area contributed by atoms with Crippen LogP contribution in [0, 0.1) is 11.3 Å². The van der Waals surface area contributed by atoms with Crippen LogP contribution in [-0.4, -0.2) is 24.8 Å². The van der Waals surface area contributed by atoms with Crippen LogP contribution < -0.4 is 5.73 Å². The second-order valence-electron chi connectivity index (χ2n) is 5.61. The molecule has 2 fully saturated rings. The summed E-state index contributed by atoms with van der Waals surface area (Å²) in [6.07, 6.45) is 5.90. The largest absolute Gasteiger partial charge is 0.380 e. The Morgan fingerprint density at radius 1 is 1.50 bits per heavy atom. The molecule has 2 heterocycles. The van der Waals surface area contributed by atoms with Crippen molar-refractivity contribution in [1.29, 1.82) is 0 Å². The van der Waals surface area contributed by atoms with Crippen LogP contribution in [0.5, 0.6) is 0 Å². The molecule has 2 aromatic rings. The van der Waals surface area contributed by atoms with Gasteiger partial charge in [0.25, 0.3) is 0 Å². The molecule has 0 aliphatic heterocycles. The van der Waals surface area contributed by atoms with Gasteiger partial charge in [-0.05, 0) is 36.7 Å². The van der Waals surface area contributed by atoms with E-state index in [9.17, 15) is 0 Å². The smallest absolute Gasteiger partial charge is 0.175 e. The highest BCUT2D eigenvalue weighted by molar-refractivity contribution is 5.66. The van der Waals surface area contributed by atoms with E-state index in [1.807, 2.05) is 22.5 Å². The van der Waals surface area contributed by atoms with Crippen LogP contribution in [-0.2, 0) is 13.6 Å². The van der Waals surface area contributed by atoms with Gasteiger partial charge in [0.15, 0.2) is 5.82 Å². The number of aromatic nitrogens is 5. The van der Waals surface area contributed by atoms with Gasteiger partial charge in [-0.15, -0.1) is 5.10 Å². The predicted octanol–water partition coefficient (Wildman–Crippen LogP) is 1.06. The van der Waals surface area contributed by atoms with Gasteiger partial charge in [0.1, 0.15) is 5.69 Å². The highest BCUT2D eigenvalue weighted by Gasteiger charge is 2.62. The van der Waals surface area contributed by atoms with Crippen LogP contribution in [0.3, 0.4) is 0 Å². The molecular formula is C12H16N6. The lowest BCUT2D eigenvalue weighted by Crippen LogP contribution is -2.08. The van der Waals surface area contributed by atoms with Crippen LogP contribution in [0.2, 0.25) is 0 Å². The molecule has 94 valence electrons. The Labute approximate surface area is 105 Å². The van der Waals surface area contributed by atoms with Crippen molar-refractivity contribution in [1.82, 2.24) is 24.8 Å². The molecule has 0 bridgehead atoms. The highest BCUT2D eigenvalue weighted by atomic mass is 15.5. The molecular weight excluding hydrogens is 228 g/mol. The van der Waals surface area contributed by atoms with Gasteiger partial charge in [-0.3, -0.25) is 4.68 Å². The fourth-order valence-electron chi connectivity index (χ4n) is 3.00. The van der Waals surface area contributed by atoms with Gasteiger partial charge in [0, 0.05) is 19.8 Å². The Kier molecular flexibility index (Phi) is 1.76. The normalized spacial score (nSPS) is 23.5. The van der Waals surface area contributed by atoms with E-state index in [0.29, 0.717) is 11.2 Å². The minimum absolute atomic E-state index is 0.490. The Morgan fingerprint density at radius 2 is 2.33 bits per heavy atom. The monoisotopic (exact) mass is 244 g/mol. The summed E-state index contributed by atoms with van der Waals surface area (Å²) >= 11 is 0. The average molecular weight is 244 g/mol. The lowest BCUT2D eigenvalue weighted by atomic mass is 10.2. The Bertz CT molecular complexity index is 606. The molecule has 2 aliphatic rings. The molecule has 2 saturated carbocycles. The van der Waals surface area contributed by atoms with Crippen molar-refractivity contribution < 1.29 is 0 Å². The van der Waals surface area contributed by atoms with Crippen molar-refractivity contribution in [3.63, 3.8) is 0 Å². The van der Waals surface area contributed by atoms with E-state index in [-0.39, 0.29) is 0 Å². The van der Waals surface area contributed by atoms with Gasteiger partial charge in [-0.2, -0.15) is 5.10 Å². The Hall–Kier alpha value is -1.85. The number of hydrogen-bond acceptors (Lipinski definition) is 4. The van der Waals surface area contributed by atoms with Crippen molar-refractivity contribution >= 4 is 5.82 Å². The molecule has 2 aliphatic carbocycles. The number of nitrogens with two attached hydrogens (primary N) is 1. The van der Waals surface area contributed by atoms with Gasteiger partial charge < -0.3 is 5.73 Å². The molecule has 1 spiro atoms. The van der Waals surface area contributed by atoms with E-state index in [1.54, 1.807) is 6.20 Å². The van der Waals surface area contributed by atoms with Gasteiger partial charge in [-0.25, -0.2) is 4.68 Å². The molecule has 0 saturated heterocycles. The molecule has 6 nitrogen and oxygen atoms in total. The molecule has 2 aromatic heterocycles. The van der Waals surface area contributed by atoms with E-state index in [0.717, 1.165) is 23.9 Å². The Morgan fingerprint density at radius 3 is 2.94 bits per heavy atom. The third-order valence-electron chi connectivity index (χ3n) is 4.47. The predicted molar refractivity (Wildman–Crippen MR) is 66.4 cm³/mol. The number of nitrogens with zero attached hydrogens (tertiary/aromatic N) is 5.